The van der Waals surface area contributed by atoms with Crippen LogP contribution in [-0.2, 0) is 6.61 Å². The van der Waals surface area contributed by atoms with Gasteiger partial charge in [-0.25, -0.2) is 0 Å². The van der Waals surface area contributed by atoms with Crippen molar-refractivity contribution in [3.8, 4) is 5.75 Å². The van der Waals surface area contributed by atoms with Crippen molar-refractivity contribution in [1.82, 2.24) is 10.5 Å². The van der Waals surface area contributed by atoms with Gasteiger partial charge in [0.15, 0.2) is 0 Å². The molecule has 1 unspecified atom stereocenters. The largest absolute Gasteiger partial charge is 0.488 e. The maximum atomic E-state index is 9.03. The molecule has 0 saturated carbocycles. The van der Waals surface area contributed by atoms with Crippen LogP contribution in [0.4, 0.5) is 0 Å². The van der Waals surface area contributed by atoms with E-state index in [9.17, 15) is 0 Å². The molecule has 5 heteroatoms. The number of rotatable bonds is 5. The highest BCUT2D eigenvalue weighted by atomic mass is 35.5. The lowest BCUT2D eigenvalue weighted by Gasteiger charge is -2.11. The first-order valence-corrected chi connectivity index (χ1v) is 7.03. The summed E-state index contributed by atoms with van der Waals surface area (Å²) in [7, 11) is 0. The maximum absolute atomic E-state index is 9.03. The number of benzene rings is 2. The molecule has 4 nitrogen and oxygen atoms in total. The number of aromatic nitrogens is 1. The average molecular weight is 303 g/mol. The van der Waals surface area contributed by atoms with Crippen molar-refractivity contribution in [2.24, 2.45) is 0 Å². The standard InChI is InChI=1S/C16H15ClN2O2/c17-16(19-20)12-9-18-13-7-4-8-14(15(12)13)21-10-11-5-2-1-3-6-11/h1-9,16,18-20H,10H2. The number of aromatic amines is 1. The minimum Gasteiger partial charge on any atom is -0.488 e. The van der Waals surface area contributed by atoms with Crippen molar-refractivity contribution < 1.29 is 9.94 Å². The number of ether oxygens (including phenoxy) is 1. The Labute approximate surface area is 127 Å². The fraction of sp³-hybridized carbons (Fsp3) is 0.125. The highest BCUT2D eigenvalue weighted by Gasteiger charge is 2.15. The molecule has 3 N–H and O–H groups in total. The minimum absolute atomic E-state index is 0.476. The number of nitrogens with one attached hydrogen (secondary N) is 2. The van der Waals surface area contributed by atoms with E-state index >= 15 is 0 Å². The Bertz CT molecular complexity index is 727. The Balaban J connectivity index is 1.92. The third kappa shape index (κ3) is 2.88. The fourth-order valence-corrected chi connectivity index (χ4v) is 2.47. The van der Waals surface area contributed by atoms with E-state index in [0.29, 0.717) is 6.61 Å². The van der Waals surface area contributed by atoms with E-state index in [0.717, 1.165) is 27.8 Å². The van der Waals surface area contributed by atoms with Crippen molar-refractivity contribution in [2.45, 2.75) is 12.1 Å². The maximum Gasteiger partial charge on any atom is 0.133 e. The third-order valence-electron chi connectivity index (χ3n) is 3.32. The molecule has 0 radical (unpaired) electrons. The SMILES string of the molecule is ONC(Cl)c1c[nH]c2cccc(OCc3ccccc3)c12. The zero-order valence-corrected chi connectivity index (χ0v) is 12.0. The van der Waals surface area contributed by atoms with Gasteiger partial charge in [-0.15, -0.1) is 0 Å². The second-order valence-corrected chi connectivity index (χ2v) is 5.13. The predicted molar refractivity (Wildman–Crippen MR) is 82.6 cm³/mol. The van der Waals surface area contributed by atoms with E-state index < -0.39 is 5.50 Å². The molecule has 0 saturated heterocycles. The first-order valence-electron chi connectivity index (χ1n) is 6.60. The molecule has 3 rings (SSSR count). The monoisotopic (exact) mass is 302 g/mol. The number of halogens is 1. The van der Waals surface area contributed by atoms with E-state index in [2.05, 4.69) is 10.5 Å². The van der Waals surface area contributed by atoms with Gasteiger partial charge in [-0.3, -0.25) is 0 Å². The van der Waals surface area contributed by atoms with Crippen LogP contribution in [0.25, 0.3) is 10.9 Å². The van der Waals surface area contributed by atoms with Gasteiger partial charge in [-0.1, -0.05) is 48.0 Å². The van der Waals surface area contributed by atoms with Gasteiger partial charge < -0.3 is 14.9 Å². The molecule has 0 spiro atoms. The first kappa shape index (κ1) is 13.9. The highest BCUT2D eigenvalue weighted by molar-refractivity contribution is 6.21. The normalized spacial score (nSPS) is 12.5. The van der Waals surface area contributed by atoms with E-state index in [1.807, 2.05) is 48.5 Å². The Morgan fingerprint density at radius 3 is 2.71 bits per heavy atom. The fourth-order valence-electron chi connectivity index (χ4n) is 2.30. The molecule has 0 fully saturated rings. The summed E-state index contributed by atoms with van der Waals surface area (Å²) in [4.78, 5) is 3.13. The second-order valence-electron chi connectivity index (χ2n) is 4.69. The molecule has 0 amide bonds. The van der Waals surface area contributed by atoms with Crippen LogP contribution < -0.4 is 10.2 Å². The summed E-state index contributed by atoms with van der Waals surface area (Å²) in [5, 5.41) is 9.90. The van der Waals surface area contributed by atoms with Crippen LogP contribution in [0.15, 0.2) is 54.7 Å². The molecular weight excluding hydrogens is 288 g/mol. The van der Waals surface area contributed by atoms with Crippen LogP contribution in [0.2, 0.25) is 0 Å². The summed E-state index contributed by atoms with van der Waals surface area (Å²) in [5.74, 6) is 0.730. The summed E-state index contributed by atoms with van der Waals surface area (Å²) in [6, 6.07) is 15.7. The van der Waals surface area contributed by atoms with Crippen LogP contribution >= 0.6 is 11.6 Å². The topological polar surface area (TPSA) is 57.3 Å². The quantitative estimate of drug-likeness (QED) is 0.380. The number of fused-ring (bicyclic) bond motifs is 1. The van der Waals surface area contributed by atoms with Crippen LogP contribution in [0.3, 0.4) is 0 Å². The van der Waals surface area contributed by atoms with Crippen molar-refractivity contribution in [3.63, 3.8) is 0 Å². The first-order chi connectivity index (χ1) is 10.3. The van der Waals surface area contributed by atoms with Gasteiger partial charge in [0, 0.05) is 22.7 Å². The lowest BCUT2D eigenvalue weighted by atomic mass is 10.1. The lowest BCUT2D eigenvalue weighted by Crippen LogP contribution is -2.10. The average Bonchev–Trinajstić information content (AvgIpc) is 2.98. The molecule has 0 aliphatic rings. The highest BCUT2D eigenvalue weighted by Crippen LogP contribution is 2.33. The number of H-pyrrole nitrogens is 1. The van der Waals surface area contributed by atoms with Gasteiger partial charge in [0.1, 0.15) is 17.9 Å². The summed E-state index contributed by atoms with van der Waals surface area (Å²) < 4.78 is 5.91. The molecule has 2 aromatic carbocycles. The zero-order valence-electron chi connectivity index (χ0n) is 11.2. The van der Waals surface area contributed by atoms with E-state index in [4.69, 9.17) is 21.5 Å². The van der Waals surface area contributed by atoms with Gasteiger partial charge >= 0.3 is 0 Å². The smallest absolute Gasteiger partial charge is 0.133 e. The summed E-state index contributed by atoms with van der Waals surface area (Å²) >= 11 is 6.06. The molecule has 1 atom stereocenters. The van der Waals surface area contributed by atoms with Gasteiger partial charge in [0.2, 0.25) is 0 Å². The van der Waals surface area contributed by atoms with Crippen molar-refractivity contribution in [1.29, 1.82) is 0 Å². The third-order valence-corrected chi connectivity index (χ3v) is 3.65. The summed E-state index contributed by atoms with van der Waals surface area (Å²) in [6.07, 6.45) is 1.76. The number of hydrogen-bond acceptors (Lipinski definition) is 3. The molecule has 1 aromatic heterocycles. The van der Waals surface area contributed by atoms with Gasteiger partial charge in [0.25, 0.3) is 0 Å². The molecule has 0 bridgehead atoms. The van der Waals surface area contributed by atoms with E-state index in [1.54, 1.807) is 6.20 Å². The van der Waals surface area contributed by atoms with Crippen LogP contribution in [0, 0.1) is 0 Å². The van der Waals surface area contributed by atoms with Crippen LogP contribution in [0.1, 0.15) is 16.6 Å². The van der Waals surface area contributed by atoms with E-state index in [1.165, 1.54) is 0 Å². The summed E-state index contributed by atoms with van der Waals surface area (Å²) in [5.41, 5.74) is 4.11. The second kappa shape index (κ2) is 6.18. The molecule has 108 valence electrons. The molecule has 1 heterocycles. The van der Waals surface area contributed by atoms with Crippen LogP contribution in [0.5, 0.6) is 5.75 Å². The Morgan fingerprint density at radius 1 is 1.14 bits per heavy atom. The van der Waals surface area contributed by atoms with Crippen molar-refractivity contribution in [3.05, 3.63) is 65.9 Å². The van der Waals surface area contributed by atoms with E-state index in [-0.39, 0.29) is 0 Å². The molecule has 3 aromatic rings. The minimum atomic E-state index is -0.694. The number of hydroxylamine groups is 1. The Hall–Kier alpha value is -2.01. The molecule has 0 aliphatic heterocycles. The number of alkyl halides is 1. The Morgan fingerprint density at radius 2 is 1.95 bits per heavy atom. The predicted octanol–water partition coefficient (Wildman–Crippen LogP) is 3.96. The van der Waals surface area contributed by atoms with Gasteiger partial charge in [-0.2, -0.15) is 5.48 Å². The molecule has 21 heavy (non-hydrogen) atoms. The van der Waals surface area contributed by atoms with Crippen molar-refractivity contribution >= 4 is 22.5 Å². The van der Waals surface area contributed by atoms with Crippen LogP contribution in [-0.4, -0.2) is 10.2 Å². The summed E-state index contributed by atoms with van der Waals surface area (Å²) in [6.45, 7) is 0.476. The Kier molecular flexibility index (Phi) is 4.10. The lowest BCUT2D eigenvalue weighted by molar-refractivity contribution is 0.155. The van der Waals surface area contributed by atoms with Gasteiger partial charge in [0.05, 0.1) is 0 Å². The molecular formula is C16H15ClN2O2. The van der Waals surface area contributed by atoms with Gasteiger partial charge in [-0.05, 0) is 17.7 Å². The molecule has 0 aliphatic carbocycles. The van der Waals surface area contributed by atoms with Crippen molar-refractivity contribution in [2.75, 3.05) is 0 Å². The number of hydrogen-bond donors (Lipinski definition) is 3. The zero-order chi connectivity index (χ0) is 14.7.